The molecule has 0 amide bonds. The maximum Gasteiger partial charge on any atom is 0.209 e. The fraction of sp³-hybridized carbons (Fsp3) is 0.417. The first-order valence-corrected chi connectivity index (χ1v) is 7.90. The van der Waals surface area contributed by atoms with Gasteiger partial charge in [0.25, 0.3) is 0 Å². The fourth-order valence-electron chi connectivity index (χ4n) is 1.68. The van der Waals surface area contributed by atoms with Crippen LogP contribution in [0.15, 0.2) is 33.9 Å². The molecule has 0 atom stereocenters. The maximum absolute atomic E-state index is 5.67. The first-order chi connectivity index (χ1) is 9.33. The fourth-order valence-corrected chi connectivity index (χ4v) is 2.82. The normalized spacial score (nSPS) is 14.6. The zero-order valence-corrected chi connectivity index (χ0v) is 12.6. The number of nitrogens with zero attached hydrogens (tertiary/aromatic N) is 4. The number of benzene rings is 1. The van der Waals surface area contributed by atoms with Crippen molar-refractivity contribution in [1.29, 1.82) is 0 Å². The Morgan fingerprint density at radius 3 is 3.11 bits per heavy atom. The SMILES string of the molecule is Brc1cccc(OCCSc2nnnn2C2CC2)c1. The lowest BCUT2D eigenvalue weighted by Gasteiger charge is -2.06. The van der Waals surface area contributed by atoms with Gasteiger partial charge in [0.2, 0.25) is 5.16 Å². The quantitative estimate of drug-likeness (QED) is 0.597. The minimum Gasteiger partial charge on any atom is -0.493 e. The molecule has 0 saturated heterocycles. The maximum atomic E-state index is 5.67. The van der Waals surface area contributed by atoms with Crippen LogP contribution in [-0.2, 0) is 0 Å². The van der Waals surface area contributed by atoms with Crippen LogP contribution in [0.25, 0.3) is 0 Å². The topological polar surface area (TPSA) is 52.8 Å². The summed E-state index contributed by atoms with van der Waals surface area (Å²) in [5.74, 6) is 1.70. The van der Waals surface area contributed by atoms with Gasteiger partial charge in [-0.3, -0.25) is 0 Å². The largest absolute Gasteiger partial charge is 0.493 e. The van der Waals surface area contributed by atoms with Crippen molar-refractivity contribution in [1.82, 2.24) is 20.2 Å². The predicted molar refractivity (Wildman–Crippen MR) is 76.4 cm³/mol. The first-order valence-electron chi connectivity index (χ1n) is 6.12. The van der Waals surface area contributed by atoms with Gasteiger partial charge < -0.3 is 4.74 Å². The van der Waals surface area contributed by atoms with Crippen LogP contribution >= 0.6 is 27.7 Å². The second-order valence-electron chi connectivity index (χ2n) is 4.29. The van der Waals surface area contributed by atoms with Gasteiger partial charge in [-0.2, -0.15) is 0 Å². The van der Waals surface area contributed by atoms with Crippen LogP contribution in [-0.4, -0.2) is 32.6 Å². The van der Waals surface area contributed by atoms with E-state index in [1.807, 2.05) is 28.9 Å². The molecule has 0 bridgehead atoms. The van der Waals surface area contributed by atoms with Crippen molar-refractivity contribution in [2.75, 3.05) is 12.4 Å². The average molecular weight is 341 g/mol. The van der Waals surface area contributed by atoms with Gasteiger partial charge in [-0.25, -0.2) is 4.68 Å². The number of halogens is 1. The van der Waals surface area contributed by atoms with Crippen molar-refractivity contribution in [3.05, 3.63) is 28.7 Å². The van der Waals surface area contributed by atoms with E-state index >= 15 is 0 Å². The summed E-state index contributed by atoms with van der Waals surface area (Å²) in [6.45, 7) is 0.638. The molecule has 1 fully saturated rings. The van der Waals surface area contributed by atoms with Gasteiger partial charge in [0.15, 0.2) is 0 Å². The molecule has 2 aromatic rings. The summed E-state index contributed by atoms with van der Waals surface area (Å²) in [5.41, 5.74) is 0. The summed E-state index contributed by atoms with van der Waals surface area (Å²) in [6, 6.07) is 8.36. The van der Waals surface area contributed by atoms with E-state index in [0.29, 0.717) is 12.6 Å². The molecule has 1 heterocycles. The van der Waals surface area contributed by atoms with E-state index in [1.54, 1.807) is 11.8 Å². The molecule has 1 saturated carbocycles. The number of thioether (sulfide) groups is 1. The number of rotatable bonds is 6. The molecule has 0 radical (unpaired) electrons. The van der Waals surface area contributed by atoms with Crippen molar-refractivity contribution >= 4 is 27.7 Å². The third kappa shape index (κ3) is 3.48. The highest BCUT2D eigenvalue weighted by Crippen LogP contribution is 2.36. The Labute approximate surface area is 123 Å². The lowest BCUT2D eigenvalue weighted by atomic mass is 10.3. The Kier molecular flexibility index (Phi) is 4.03. The van der Waals surface area contributed by atoms with Crippen molar-refractivity contribution in [3.8, 4) is 5.75 Å². The van der Waals surface area contributed by atoms with Crippen LogP contribution in [0.1, 0.15) is 18.9 Å². The Morgan fingerprint density at radius 1 is 1.42 bits per heavy atom. The van der Waals surface area contributed by atoms with Crippen molar-refractivity contribution in [3.63, 3.8) is 0 Å². The molecular weight excluding hydrogens is 328 g/mol. The van der Waals surface area contributed by atoms with Gasteiger partial charge in [-0.1, -0.05) is 33.8 Å². The average Bonchev–Trinajstić information content (AvgIpc) is 3.14. The van der Waals surface area contributed by atoms with Gasteiger partial charge >= 0.3 is 0 Å². The monoisotopic (exact) mass is 340 g/mol. The Hall–Kier alpha value is -1.08. The molecule has 1 aliphatic rings. The third-order valence-electron chi connectivity index (χ3n) is 2.73. The third-order valence-corrected chi connectivity index (χ3v) is 4.13. The van der Waals surface area contributed by atoms with E-state index in [1.165, 1.54) is 12.8 Å². The van der Waals surface area contributed by atoms with Crippen LogP contribution in [0.4, 0.5) is 0 Å². The molecule has 0 spiro atoms. The van der Waals surface area contributed by atoms with E-state index in [9.17, 15) is 0 Å². The lowest BCUT2D eigenvalue weighted by Crippen LogP contribution is -2.03. The van der Waals surface area contributed by atoms with E-state index in [-0.39, 0.29) is 0 Å². The molecule has 3 rings (SSSR count). The molecule has 5 nitrogen and oxygen atoms in total. The van der Waals surface area contributed by atoms with Gasteiger partial charge in [0.1, 0.15) is 5.75 Å². The molecular formula is C12H13BrN4OS. The number of hydrogen-bond acceptors (Lipinski definition) is 5. The predicted octanol–water partition coefficient (Wildman–Crippen LogP) is 2.94. The van der Waals surface area contributed by atoms with Crippen molar-refractivity contribution < 1.29 is 4.74 Å². The van der Waals surface area contributed by atoms with Gasteiger partial charge in [-0.15, -0.1) is 5.10 Å². The highest BCUT2D eigenvalue weighted by atomic mass is 79.9. The molecule has 0 unspecified atom stereocenters. The van der Waals surface area contributed by atoms with Crippen LogP contribution in [0.2, 0.25) is 0 Å². The van der Waals surface area contributed by atoms with Crippen molar-refractivity contribution in [2.24, 2.45) is 0 Å². The molecule has 0 aliphatic heterocycles. The molecule has 1 aromatic heterocycles. The van der Waals surface area contributed by atoms with Crippen LogP contribution in [0, 0.1) is 0 Å². The summed E-state index contributed by atoms with van der Waals surface area (Å²) < 4.78 is 8.62. The lowest BCUT2D eigenvalue weighted by molar-refractivity contribution is 0.343. The second-order valence-corrected chi connectivity index (χ2v) is 6.27. The smallest absolute Gasteiger partial charge is 0.209 e. The summed E-state index contributed by atoms with van der Waals surface area (Å²) in [4.78, 5) is 0. The molecule has 100 valence electrons. The molecule has 1 aliphatic carbocycles. The highest BCUT2D eigenvalue weighted by Gasteiger charge is 2.27. The standard InChI is InChI=1S/C12H13BrN4OS/c13-9-2-1-3-11(8-9)18-6-7-19-12-14-15-16-17(12)10-4-5-10/h1-3,8,10H,4-7H2. The summed E-state index contributed by atoms with van der Waals surface area (Å²) in [6.07, 6.45) is 2.38. The van der Waals surface area contributed by atoms with E-state index in [2.05, 4.69) is 31.5 Å². The minimum atomic E-state index is 0.517. The van der Waals surface area contributed by atoms with Gasteiger partial charge in [-0.05, 0) is 41.5 Å². The Balaban J connectivity index is 1.46. The van der Waals surface area contributed by atoms with Crippen LogP contribution < -0.4 is 4.74 Å². The van der Waals surface area contributed by atoms with Gasteiger partial charge in [0, 0.05) is 10.2 Å². The van der Waals surface area contributed by atoms with E-state index in [0.717, 1.165) is 21.1 Å². The van der Waals surface area contributed by atoms with Crippen molar-refractivity contribution in [2.45, 2.75) is 24.0 Å². The molecule has 19 heavy (non-hydrogen) atoms. The highest BCUT2D eigenvalue weighted by molar-refractivity contribution is 9.10. The minimum absolute atomic E-state index is 0.517. The van der Waals surface area contributed by atoms with E-state index in [4.69, 9.17) is 4.74 Å². The van der Waals surface area contributed by atoms with Crippen LogP contribution in [0.5, 0.6) is 5.75 Å². The van der Waals surface area contributed by atoms with Crippen LogP contribution in [0.3, 0.4) is 0 Å². The first kappa shape index (κ1) is 12.9. The zero-order chi connectivity index (χ0) is 13.1. The van der Waals surface area contributed by atoms with Gasteiger partial charge in [0.05, 0.1) is 12.6 Å². The number of hydrogen-bond donors (Lipinski definition) is 0. The Morgan fingerprint density at radius 2 is 2.32 bits per heavy atom. The molecule has 0 N–H and O–H groups in total. The summed E-state index contributed by atoms with van der Waals surface area (Å²) in [5, 5.41) is 12.7. The molecule has 7 heteroatoms. The number of aromatic nitrogens is 4. The Bertz CT molecular complexity index is 558. The van der Waals surface area contributed by atoms with E-state index < -0.39 is 0 Å². The number of tetrazole rings is 1. The second kappa shape index (κ2) is 5.92. The number of ether oxygens (including phenoxy) is 1. The zero-order valence-electron chi connectivity index (χ0n) is 10.2. The summed E-state index contributed by atoms with van der Waals surface area (Å²) >= 11 is 5.06. The molecule has 1 aromatic carbocycles. The summed E-state index contributed by atoms with van der Waals surface area (Å²) in [7, 11) is 0.